The van der Waals surface area contributed by atoms with Crippen molar-refractivity contribution in [3.05, 3.63) is 65.7 Å². The topological polar surface area (TPSA) is 75.6 Å². The number of carbonyl (C=O) groups is 2. The second kappa shape index (κ2) is 8.15. The first-order chi connectivity index (χ1) is 11.5. The van der Waals surface area contributed by atoms with E-state index in [-0.39, 0.29) is 24.5 Å². The van der Waals surface area contributed by atoms with Crippen LogP contribution in [0, 0.1) is 0 Å². The van der Waals surface area contributed by atoms with Crippen molar-refractivity contribution in [1.82, 2.24) is 5.32 Å². The standard InChI is InChI=1S/C19H21NO4/c1-13(15-6-4-3-5-7-15)19(23)20-14(2)16-8-10-17(11-9-16)24-12-18(21)22/h3-11,13-14H,12H2,1-2H3,(H,20,23)(H,21,22)/t13-,14?/m0/s1. The van der Waals surface area contributed by atoms with Crippen molar-refractivity contribution in [3.63, 3.8) is 0 Å². The Morgan fingerprint density at radius 2 is 1.62 bits per heavy atom. The summed E-state index contributed by atoms with van der Waals surface area (Å²) in [5, 5.41) is 11.6. The molecule has 5 heteroatoms. The molecule has 24 heavy (non-hydrogen) atoms. The molecule has 2 N–H and O–H groups in total. The van der Waals surface area contributed by atoms with Crippen molar-refractivity contribution in [3.8, 4) is 5.75 Å². The first-order valence-electron chi connectivity index (χ1n) is 7.77. The minimum absolute atomic E-state index is 0.0418. The molecule has 0 aliphatic heterocycles. The van der Waals surface area contributed by atoms with E-state index in [0.29, 0.717) is 5.75 Å². The van der Waals surface area contributed by atoms with Gasteiger partial charge in [-0.25, -0.2) is 4.79 Å². The lowest BCUT2D eigenvalue weighted by atomic mass is 9.99. The second-order valence-electron chi connectivity index (χ2n) is 5.61. The second-order valence-corrected chi connectivity index (χ2v) is 5.61. The molecule has 0 radical (unpaired) electrons. The average Bonchev–Trinajstić information content (AvgIpc) is 2.60. The number of carboxylic acids is 1. The first-order valence-corrected chi connectivity index (χ1v) is 7.77. The monoisotopic (exact) mass is 327 g/mol. The van der Waals surface area contributed by atoms with Gasteiger partial charge >= 0.3 is 5.97 Å². The number of hydrogen-bond donors (Lipinski definition) is 2. The van der Waals surface area contributed by atoms with Gasteiger partial charge in [-0.3, -0.25) is 4.79 Å². The van der Waals surface area contributed by atoms with Crippen LogP contribution in [0.25, 0.3) is 0 Å². The lowest BCUT2D eigenvalue weighted by molar-refractivity contribution is -0.139. The lowest BCUT2D eigenvalue weighted by Gasteiger charge is -2.18. The lowest BCUT2D eigenvalue weighted by Crippen LogP contribution is -2.30. The van der Waals surface area contributed by atoms with Crippen LogP contribution in [0.3, 0.4) is 0 Å². The number of rotatable bonds is 7. The van der Waals surface area contributed by atoms with Crippen molar-refractivity contribution >= 4 is 11.9 Å². The summed E-state index contributed by atoms with van der Waals surface area (Å²) in [6.07, 6.45) is 0. The highest BCUT2D eigenvalue weighted by Crippen LogP contribution is 2.20. The van der Waals surface area contributed by atoms with Gasteiger partial charge in [0.05, 0.1) is 12.0 Å². The van der Waals surface area contributed by atoms with Crippen LogP contribution in [0.1, 0.15) is 36.9 Å². The van der Waals surface area contributed by atoms with Gasteiger partial charge < -0.3 is 15.2 Å². The van der Waals surface area contributed by atoms with Crippen molar-refractivity contribution in [1.29, 1.82) is 0 Å². The summed E-state index contributed by atoms with van der Waals surface area (Å²) in [5.41, 5.74) is 1.89. The quantitative estimate of drug-likeness (QED) is 0.819. The van der Waals surface area contributed by atoms with Crippen LogP contribution in [0.15, 0.2) is 54.6 Å². The van der Waals surface area contributed by atoms with Crippen molar-refractivity contribution in [2.24, 2.45) is 0 Å². The zero-order valence-electron chi connectivity index (χ0n) is 13.7. The molecule has 2 atom stereocenters. The largest absolute Gasteiger partial charge is 0.482 e. The predicted octanol–water partition coefficient (Wildman–Crippen LogP) is 3.13. The van der Waals surface area contributed by atoms with Crippen LogP contribution in [0.4, 0.5) is 0 Å². The Hall–Kier alpha value is -2.82. The molecular weight excluding hydrogens is 306 g/mol. The number of carboxylic acid groups (broad SMARTS) is 1. The van der Waals surface area contributed by atoms with E-state index in [1.165, 1.54) is 0 Å². The number of ether oxygens (including phenoxy) is 1. The molecule has 2 aromatic rings. The minimum Gasteiger partial charge on any atom is -0.482 e. The SMILES string of the molecule is CC(NC(=O)[C@@H](C)c1ccccc1)c1ccc(OCC(=O)O)cc1. The molecule has 0 spiro atoms. The molecule has 1 amide bonds. The fraction of sp³-hybridized carbons (Fsp3) is 0.263. The van der Waals surface area contributed by atoms with Gasteiger partial charge in [-0.15, -0.1) is 0 Å². The Morgan fingerprint density at radius 1 is 1.00 bits per heavy atom. The van der Waals surface area contributed by atoms with Gasteiger partial charge in [-0.2, -0.15) is 0 Å². The number of nitrogens with one attached hydrogen (secondary N) is 1. The molecule has 0 fully saturated rings. The van der Waals surface area contributed by atoms with Crippen LogP contribution < -0.4 is 10.1 Å². The van der Waals surface area contributed by atoms with E-state index in [1.807, 2.05) is 56.3 Å². The maximum absolute atomic E-state index is 12.4. The zero-order valence-corrected chi connectivity index (χ0v) is 13.7. The highest BCUT2D eigenvalue weighted by molar-refractivity contribution is 5.83. The molecule has 1 unspecified atom stereocenters. The third-order valence-corrected chi connectivity index (χ3v) is 3.79. The normalized spacial score (nSPS) is 12.9. The van der Waals surface area contributed by atoms with Crippen molar-refractivity contribution in [2.45, 2.75) is 25.8 Å². The number of amides is 1. The van der Waals surface area contributed by atoms with Gasteiger partial charge in [0.2, 0.25) is 5.91 Å². The van der Waals surface area contributed by atoms with Crippen LogP contribution in [-0.2, 0) is 9.59 Å². The van der Waals surface area contributed by atoms with Crippen LogP contribution in [0.5, 0.6) is 5.75 Å². The van der Waals surface area contributed by atoms with Gasteiger partial charge in [0.1, 0.15) is 5.75 Å². The van der Waals surface area contributed by atoms with E-state index in [9.17, 15) is 9.59 Å². The van der Waals surface area contributed by atoms with E-state index < -0.39 is 5.97 Å². The molecule has 0 aliphatic rings. The van der Waals surface area contributed by atoms with Crippen LogP contribution in [-0.4, -0.2) is 23.6 Å². The van der Waals surface area contributed by atoms with Gasteiger partial charge in [-0.05, 0) is 37.1 Å². The molecule has 0 aromatic heterocycles. The molecular formula is C19H21NO4. The smallest absolute Gasteiger partial charge is 0.341 e. The molecule has 0 bridgehead atoms. The third-order valence-electron chi connectivity index (χ3n) is 3.79. The number of hydrogen-bond acceptors (Lipinski definition) is 3. The Morgan fingerprint density at radius 3 is 2.21 bits per heavy atom. The summed E-state index contributed by atoms with van der Waals surface area (Å²) in [6, 6.07) is 16.5. The molecule has 0 aliphatic carbocycles. The Bertz CT molecular complexity index is 682. The van der Waals surface area contributed by atoms with E-state index in [0.717, 1.165) is 11.1 Å². The third kappa shape index (κ3) is 4.84. The summed E-state index contributed by atoms with van der Waals surface area (Å²) >= 11 is 0. The summed E-state index contributed by atoms with van der Waals surface area (Å²) in [4.78, 5) is 22.8. The fourth-order valence-corrected chi connectivity index (χ4v) is 2.31. The highest BCUT2D eigenvalue weighted by Gasteiger charge is 2.17. The summed E-state index contributed by atoms with van der Waals surface area (Å²) < 4.78 is 5.09. The maximum Gasteiger partial charge on any atom is 0.341 e. The van der Waals surface area contributed by atoms with Crippen molar-refractivity contribution in [2.75, 3.05) is 6.61 Å². The summed E-state index contributed by atoms with van der Waals surface area (Å²) in [6.45, 7) is 3.41. The first kappa shape index (κ1) is 17.5. The molecule has 5 nitrogen and oxygen atoms in total. The fourth-order valence-electron chi connectivity index (χ4n) is 2.31. The number of benzene rings is 2. The minimum atomic E-state index is -1.02. The molecule has 0 saturated heterocycles. The Balaban J connectivity index is 1.95. The van der Waals surface area contributed by atoms with Gasteiger partial charge in [-0.1, -0.05) is 42.5 Å². The Kier molecular flexibility index (Phi) is 5.95. The van der Waals surface area contributed by atoms with E-state index >= 15 is 0 Å². The summed E-state index contributed by atoms with van der Waals surface area (Å²) in [7, 11) is 0. The van der Waals surface area contributed by atoms with E-state index in [4.69, 9.17) is 9.84 Å². The average molecular weight is 327 g/mol. The molecule has 2 aromatic carbocycles. The van der Waals surface area contributed by atoms with Crippen LogP contribution in [0.2, 0.25) is 0 Å². The van der Waals surface area contributed by atoms with E-state index in [1.54, 1.807) is 12.1 Å². The number of carbonyl (C=O) groups excluding carboxylic acids is 1. The number of aliphatic carboxylic acids is 1. The van der Waals surface area contributed by atoms with E-state index in [2.05, 4.69) is 5.32 Å². The summed E-state index contributed by atoms with van der Waals surface area (Å²) in [5.74, 6) is -0.807. The molecule has 126 valence electrons. The van der Waals surface area contributed by atoms with Crippen molar-refractivity contribution < 1.29 is 19.4 Å². The van der Waals surface area contributed by atoms with Gasteiger partial charge in [0.15, 0.2) is 6.61 Å². The van der Waals surface area contributed by atoms with Gasteiger partial charge in [0.25, 0.3) is 0 Å². The van der Waals surface area contributed by atoms with Gasteiger partial charge in [0, 0.05) is 0 Å². The zero-order chi connectivity index (χ0) is 17.5. The highest BCUT2D eigenvalue weighted by atomic mass is 16.5. The Labute approximate surface area is 141 Å². The maximum atomic E-state index is 12.4. The molecule has 2 rings (SSSR count). The molecule has 0 saturated carbocycles. The predicted molar refractivity (Wildman–Crippen MR) is 91.0 cm³/mol. The molecule has 0 heterocycles. The van der Waals surface area contributed by atoms with Crippen LogP contribution >= 0.6 is 0 Å².